The standard InChI is InChI=1S/C19H18F2N6O3.C15H15F3N4O/c20-17(21)29-14-9-25-19(26-10-14)30-15-7-23-18(24-8-15)27-13-3-1-12(2-4-13)16-11-22-5-6-28-16;16-15(17,18)13-5-6-20-14(22-13)21-11-3-1-10(2-4-11)12-9-19-7-8-23-12/h1-4,7-10,16-17,22H,5-6,11H2,(H,23,24,27);1-6,12,19H,7-9H2,(H,20,21,22)/t16-;12-/m00/s1. The van der Waals surface area contributed by atoms with Crippen LogP contribution in [-0.2, 0) is 15.7 Å². The van der Waals surface area contributed by atoms with Crippen LogP contribution < -0.4 is 30.7 Å². The number of rotatable bonds is 10. The summed E-state index contributed by atoms with van der Waals surface area (Å²) in [5.41, 5.74) is 2.56. The second-order valence-corrected chi connectivity index (χ2v) is 11.3. The Morgan fingerprint density at radius 3 is 1.70 bits per heavy atom. The number of alkyl halides is 5. The van der Waals surface area contributed by atoms with Gasteiger partial charge in [-0.25, -0.2) is 19.9 Å². The van der Waals surface area contributed by atoms with Crippen LogP contribution in [0.1, 0.15) is 29.0 Å². The number of ether oxygens (including phenoxy) is 4. The molecule has 0 aliphatic carbocycles. The van der Waals surface area contributed by atoms with Crippen molar-refractivity contribution in [2.45, 2.75) is 25.0 Å². The number of nitrogens with one attached hydrogen (secondary N) is 4. The van der Waals surface area contributed by atoms with Gasteiger partial charge in [-0.15, -0.1) is 0 Å². The lowest BCUT2D eigenvalue weighted by Gasteiger charge is -2.24. The number of morpholine rings is 2. The first-order valence-electron chi connectivity index (χ1n) is 16.2. The number of halogens is 5. The molecule has 0 radical (unpaired) electrons. The van der Waals surface area contributed by atoms with E-state index in [1.165, 1.54) is 12.4 Å². The van der Waals surface area contributed by atoms with Crippen molar-refractivity contribution < 1.29 is 40.9 Å². The number of benzene rings is 2. The van der Waals surface area contributed by atoms with Gasteiger partial charge in [-0.3, -0.25) is 0 Å². The lowest BCUT2D eigenvalue weighted by atomic mass is 10.1. The maximum absolute atomic E-state index is 12.6. The van der Waals surface area contributed by atoms with E-state index in [1.54, 1.807) is 12.1 Å². The summed E-state index contributed by atoms with van der Waals surface area (Å²) in [4.78, 5) is 23.2. The largest absolute Gasteiger partial charge is 0.433 e. The molecule has 0 unspecified atom stereocenters. The van der Waals surface area contributed by atoms with Crippen molar-refractivity contribution in [3.8, 4) is 17.5 Å². The SMILES string of the molecule is FC(F)(F)c1ccnc(Nc2ccc([C@@H]3CNCCO3)cc2)n1.FC(F)Oc1cnc(Oc2cnc(Nc3ccc([C@@H]4CNCCO4)cc3)nc2)nc1. The average molecular weight is 741 g/mol. The summed E-state index contributed by atoms with van der Waals surface area (Å²) in [6.07, 6.45) is 1.69. The van der Waals surface area contributed by atoms with Crippen molar-refractivity contribution in [2.24, 2.45) is 0 Å². The summed E-state index contributed by atoms with van der Waals surface area (Å²) in [6, 6.07) is 15.9. The Kier molecular flexibility index (Phi) is 12.4. The van der Waals surface area contributed by atoms with Crippen molar-refractivity contribution in [3.63, 3.8) is 0 Å². The quantitative estimate of drug-likeness (QED) is 0.124. The Balaban J connectivity index is 0.000000188. The first-order valence-corrected chi connectivity index (χ1v) is 16.2. The maximum Gasteiger partial charge on any atom is 0.433 e. The maximum atomic E-state index is 12.6. The molecule has 278 valence electrons. The summed E-state index contributed by atoms with van der Waals surface area (Å²) in [5, 5.41) is 12.4. The zero-order valence-electron chi connectivity index (χ0n) is 27.8. The van der Waals surface area contributed by atoms with Gasteiger partial charge < -0.3 is 40.2 Å². The molecule has 2 aromatic carbocycles. The Hall–Kier alpha value is -5.63. The van der Waals surface area contributed by atoms with Crippen LogP contribution in [0, 0.1) is 0 Å². The van der Waals surface area contributed by atoms with Crippen molar-refractivity contribution in [1.82, 2.24) is 40.5 Å². The predicted octanol–water partition coefficient (Wildman–Crippen LogP) is 5.96. The summed E-state index contributed by atoms with van der Waals surface area (Å²) in [6.45, 7) is 1.66. The monoisotopic (exact) mass is 740 g/mol. The van der Waals surface area contributed by atoms with E-state index in [-0.39, 0.29) is 29.9 Å². The minimum absolute atomic E-state index is 0.0115. The van der Waals surface area contributed by atoms with Crippen molar-refractivity contribution in [3.05, 3.63) is 102 Å². The van der Waals surface area contributed by atoms with E-state index < -0.39 is 18.5 Å². The normalized spacial score (nSPS) is 17.3. The lowest BCUT2D eigenvalue weighted by Crippen LogP contribution is -2.33. The molecular weight excluding hydrogens is 707 g/mol. The first-order chi connectivity index (χ1) is 25.7. The molecule has 14 nitrogen and oxygen atoms in total. The first kappa shape index (κ1) is 37.1. The average Bonchev–Trinajstić information content (AvgIpc) is 3.18. The molecule has 53 heavy (non-hydrogen) atoms. The third-order valence-corrected chi connectivity index (χ3v) is 7.55. The predicted molar refractivity (Wildman–Crippen MR) is 180 cm³/mol. The van der Waals surface area contributed by atoms with Gasteiger partial charge in [0.2, 0.25) is 11.9 Å². The zero-order chi connectivity index (χ0) is 37.0. The molecule has 5 heterocycles. The molecule has 7 rings (SSSR count). The topological polar surface area (TPSA) is 162 Å². The van der Waals surface area contributed by atoms with E-state index in [1.807, 2.05) is 36.4 Å². The van der Waals surface area contributed by atoms with Crippen molar-refractivity contribution >= 4 is 23.3 Å². The minimum Gasteiger partial charge on any atom is -0.432 e. The van der Waals surface area contributed by atoms with Crippen LogP contribution in [0.3, 0.4) is 0 Å². The number of hydrogen-bond acceptors (Lipinski definition) is 14. The summed E-state index contributed by atoms with van der Waals surface area (Å²) < 4.78 is 83.1. The summed E-state index contributed by atoms with van der Waals surface area (Å²) >= 11 is 0. The van der Waals surface area contributed by atoms with Crippen LogP contribution in [0.4, 0.5) is 45.2 Å². The molecule has 19 heteroatoms. The molecule has 2 atom stereocenters. The smallest absolute Gasteiger partial charge is 0.432 e. The Morgan fingerprint density at radius 2 is 1.21 bits per heavy atom. The fourth-order valence-electron chi connectivity index (χ4n) is 5.02. The van der Waals surface area contributed by atoms with E-state index in [0.29, 0.717) is 30.6 Å². The highest BCUT2D eigenvalue weighted by Crippen LogP contribution is 2.29. The molecule has 0 spiro atoms. The van der Waals surface area contributed by atoms with Gasteiger partial charge in [0.05, 0.1) is 50.2 Å². The van der Waals surface area contributed by atoms with Crippen LogP contribution in [0.5, 0.6) is 17.5 Å². The Morgan fingerprint density at radius 1 is 0.679 bits per heavy atom. The van der Waals surface area contributed by atoms with Gasteiger partial charge in [-0.2, -0.15) is 31.9 Å². The van der Waals surface area contributed by atoms with Crippen LogP contribution in [0.25, 0.3) is 0 Å². The molecule has 5 aromatic rings. The van der Waals surface area contributed by atoms with Gasteiger partial charge in [0.25, 0.3) is 0 Å². The zero-order valence-corrected chi connectivity index (χ0v) is 27.8. The van der Waals surface area contributed by atoms with E-state index in [9.17, 15) is 22.0 Å². The molecule has 2 fully saturated rings. The molecular formula is C34H33F5N10O4. The van der Waals surface area contributed by atoms with E-state index in [0.717, 1.165) is 67.7 Å². The van der Waals surface area contributed by atoms with Crippen LogP contribution in [-0.4, -0.2) is 75.9 Å². The molecule has 0 bridgehead atoms. The molecule has 4 N–H and O–H groups in total. The van der Waals surface area contributed by atoms with Gasteiger partial charge >= 0.3 is 18.8 Å². The second-order valence-electron chi connectivity index (χ2n) is 11.3. The number of anilines is 4. The van der Waals surface area contributed by atoms with Crippen LogP contribution >= 0.6 is 0 Å². The number of aromatic nitrogens is 6. The Bertz CT molecular complexity index is 1860. The van der Waals surface area contributed by atoms with E-state index in [2.05, 4.69) is 55.9 Å². The highest BCUT2D eigenvalue weighted by atomic mass is 19.4. The van der Waals surface area contributed by atoms with Gasteiger partial charge in [0.1, 0.15) is 5.69 Å². The fourth-order valence-corrected chi connectivity index (χ4v) is 5.02. The summed E-state index contributed by atoms with van der Waals surface area (Å²) in [5.74, 6) is 0.418. The third-order valence-electron chi connectivity index (χ3n) is 7.55. The molecule has 0 saturated carbocycles. The highest BCUT2D eigenvalue weighted by Gasteiger charge is 2.32. The second kappa shape index (κ2) is 17.7. The number of nitrogens with zero attached hydrogens (tertiary/aromatic N) is 6. The minimum atomic E-state index is -4.49. The fraction of sp³-hybridized carbons (Fsp3) is 0.294. The highest BCUT2D eigenvalue weighted by molar-refractivity contribution is 5.55. The van der Waals surface area contributed by atoms with Crippen molar-refractivity contribution in [1.29, 1.82) is 0 Å². The van der Waals surface area contributed by atoms with Crippen LogP contribution in [0.15, 0.2) is 85.6 Å². The molecule has 0 amide bonds. The van der Waals surface area contributed by atoms with E-state index >= 15 is 0 Å². The molecule has 2 aliphatic heterocycles. The molecule has 3 aromatic heterocycles. The third kappa shape index (κ3) is 11.2. The van der Waals surface area contributed by atoms with Crippen molar-refractivity contribution in [2.75, 3.05) is 50.0 Å². The van der Waals surface area contributed by atoms with Gasteiger partial charge in [0, 0.05) is 43.8 Å². The van der Waals surface area contributed by atoms with E-state index in [4.69, 9.17) is 14.2 Å². The van der Waals surface area contributed by atoms with Gasteiger partial charge in [-0.05, 0) is 41.5 Å². The summed E-state index contributed by atoms with van der Waals surface area (Å²) in [7, 11) is 0. The van der Waals surface area contributed by atoms with Crippen LogP contribution in [0.2, 0.25) is 0 Å². The lowest BCUT2D eigenvalue weighted by molar-refractivity contribution is -0.141. The Labute approximate surface area is 299 Å². The molecule has 2 saturated heterocycles. The van der Waals surface area contributed by atoms with Gasteiger partial charge in [-0.1, -0.05) is 24.3 Å². The van der Waals surface area contributed by atoms with Gasteiger partial charge in [0.15, 0.2) is 11.5 Å². The molecule has 2 aliphatic rings. The number of hydrogen-bond donors (Lipinski definition) is 4.